The van der Waals surface area contributed by atoms with Crippen LogP contribution in [0.1, 0.15) is 78.4 Å². The Bertz CT molecular complexity index is 1430. The summed E-state index contributed by atoms with van der Waals surface area (Å²) in [6, 6.07) is 3.72. The maximum absolute atomic E-state index is 15.1. The van der Waals surface area contributed by atoms with Crippen molar-refractivity contribution in [3.63, 3.8) is 0 Å². The van der Waals surface area contributed by atoms with E-state index >= 15 is 4.39 Å². The predicted octanol–water partition coefficient (Wildman–Crippen LogP) is 6.17. The van der Waals surface area contributed by atoms with Crippen molar-refractivity contribution >= 4 is 27.5 Å². The van der Waals surface area contributed by atoms with E-state index in [4.69, 9.17) is 16.3 Å². The number of halogens is 6. The highest BCUT2D eigenvalue weighted by Crippen LogP contribution is 2.43. The molecule has 1 heterocycles. The van der Waals surface area contributed by atoms with Crippen molar-refractivity contribution in [3.8, 4) is 5.75 Å². The van der Waals surface area contributed by atoms with E-state index in [1.54, 1.807) is 0 Å². The fourth-order valence-electron chi connectivity index (χ4n) is 5.09. The Labute approximate surface area is 233 Å². The van der Waals surface area contributed by atoms with Crippen LogP contribution in [0.25, 0.3) is 0 Å². The third kappa shape index (κ3) is 6.38. The normalized spacial score (nSPS) is 22.3. The van der Waals surface area contributed by atoms with Crippen molar-refractivity contribution in [1.82, 2.24) is 9.62 Å². The van der Waals surface area contributed by atoms with Crippen LogP contribution in [0.4, 0.5) is 22.0 Å². The van der Waals surface area contributed by atoms with E-state index in [1.807, 2.05) is 11.6 Å². The first-order valence-corrected chi connectivity index (χ1v) is 15.0. The minimum absolute atomic E-state index is 0.134. The van der Waals surface area contributed by atoms with Crippen molar-refractivity contribution in [3.05, 3.63) is 63.2 Å². The molecule has 2 aromatic rings. The van der Waals surface area contributed by atoms with Crippen LogP contribution in [0.15, 0.2) is 24.3 Å². The number of nitrogens with one attached hydrogen (secondary N) is 1. The summed E-state index contributed by atoms with van der Waals surface area (Å²) in [7, 11) is -3.82. The van der Waals surface area contributed by atoms with E-state index in [1.165, 1.54) is 12.1 Å². The summed E-state index contributed by atoms with van der Waals surface area (Å²) in [5, 5.41) is -1.29. The zero-order chi connectivity index (χ0) is 29.0. The number of ether oxygens (including phenoxy) is 1. The number of nitrogens with zero attached hydrogens (tertiary/aromatic N) is 1. The Hall–Kier alpha value is -2.44. The number of hydrogen-bond acceptors (Lipinski definition) is 5. The molecular formula is C27H28ClF5N2O4S. The first-order chi connectivity index (χ1) is 18.7. The quantitative estimate of drug-likeness (QED) is 0.364. The van der Waals surface area contributed by atoms with Crippen molar-refractivity contribution in [2.45, 2.75) is 81.5 Å². The predicted molar refractivity (Wildman–Crippen MR) is 138 cm³/mol. The average molecular weight is 607 g/mol. The smallest absolute Gasteiger partial charge is 0.416 e. The van der Waals surface area contributed by atoms with Crippen LogP contribution < -0.4 is 9.46 Å². The minimum Gasteiger partial charge on any atom is -0.487 e. The lowest BCUT2D eigenvalue weighted by Crippen LogP contribution is -2.44. The fraction of sp³-hybridized carbons (Fsp3) is 0.519. The maximum atomic E-state index is 15.1. The molecule has 1 unspecified atom stereocenters. The van der Waals surface area contributed by atoms with E-state index in [2.05, 4.69) is 4.90 Å². The van der Waals surface area contributed by atoms with Crippen LogP contribution in [-0.4, -0.2) is 43.2 Å². The summed E-state index contributed by atoms with van der Waals surface area (Å²) >= 11 is 5.67. The second-order valence-corrected chi connectivity index (χ2v) is 13.2. The molecule has 40 heavy (non-hydrogen) atoms. The SMILES string of the molecule is CC1C[C@@H](Oc2cc(C(F)(F)F)cc(Cl)c2F)CCN1Cc1cc(F)c(C(=O)NS(=O)(=O)C2CC2)cc1C1CC1. The van der Waals surface area contributed by atoms with Gasteiger partial charge in [-0.3, -0.25) is 9.69 Å². The average Bonchev–Trinajstić information content (AvgIpc) is 3.75. The van der Waals surface area contributed by atoms with Crippen molar-refractivity contribution in [2.75, 3.05) is 6.54 Å². The second-order valence-electron chi connectivity index (χ2n) is 10.8. The van der Waals surface area contributed by atoms with Crippen molar-refractivity contribution in [1.29, 1.82) is 0 Å². The maximum Gasteiger partial charge on any atom is 0.416 e. The number of piperidine rings is 1. The van der Waals surface area contributed by atoms with Crippen LogP contribution in [0, 0.1) is 11.6 Å². The molecule has 0 bridgehead atoms. The third-order valence-electron chi connectivity index (χ3n) is 7.64. The lowest BCUT2D eigenvalue weighted by Gasteiger charge is -2.38. The summed E-state index contributed by atoms with van der Waals surface area (Å²) in [4.78, 5) is 14.7. The Morgan fingerprint density at radius 2 is 1.80 bits per heavy atom. The summed E-state index contributed by atoms with van der Waals surface area (Å²) in [5.74, 6) is -3.26. The molecule has 218 valence electrons. The Morgan fingerprint density at radius 1 is 1.10 bits per heavy atom. The molecule has 1 N–H and O–H groups in total. The van der Waals surface area contributed by atoms with Gasteiger partial charge in [0.2, 0.25) is 10.0 Å². The zero-order valence-corrected chi connectivity index (χ0v) is 23.1. The van der Waals surface area contributed by atoms with Crippen LogP contribution in [-0.2, 0) is 22.7 Å². The fourth-order valence-corrected chi connectivity index (χ4v) is 6.60. The molecule has 2 saturated carbocycles. The van der Waals surface area contributed by atoms with Crippen LogP contribution in [0.2, 0.25) is 5.02 Å². The molecular weight excluding hydrogens is 579 g/mol. The summed E-state index contributed by atoms with van der Waals surface area (Å²) < 4.78 is 101. The van der Waals surface area contributed by atoms with Gasteiger partial charge in [0.15, 0.2) is 11.6 Å². The number of likely N-dealkylation sites (tertiary alicyclic amines) is 1. The molecule has 1 amide bonds. The second kappa shape index (κ2) is 10.8. The van der Waals surface area contributed by atoms with Gasteiger partial charge in [-0.15, -0.1) is 0 Å². The van der Waals surface area contributed by atoms with Crippen molar-refractivity contribution in [2.24, 2.45) is 0 Å². The molecule has 2 atom stereocenters. The Morgan fingerprint density at radius 3 is 2.40 bits per heavy atom. The number of amides is 1. The molecule has 3 aliphatic rings. The highest BCUT2D eigenvalue weighted by atomic mass is 35.5. The molecule has 0 radical (unpaired) electrons. The van der Waals surface area contributed by atoms with E-state index in [0.717, 1.165) is 18.4 Å². The van der Waals surface area contributed by atoms with Gasteiger partial charge in [-0.05, 0) is 86.8 Å². The van der Waals surface area contributed by atoms with Gasteiger partial charge in [0, 0.05) is 19.1 Å². The molecule has 13 heteroatoms. The molecule has 2 aliphatic carbocycles. The zero-order valence-electron chi connectivity index (χ0n) is 21.5. The first-order valence-electron chi connectivity index (χ1n) is 13.1. The van der Waals surface area contributed by atoms with Crippen LogP contribution in [0.5, 0.6) is 5.75 Å². The number of carbonyl (C=O) groups is 1. The highest BCUT2D eigenvalue weighted by Gasteiger charge is 2.38. The number of alkyl halides is 3. The molecule has 0 aromatic heterocycles. The molecule has 0 spiro atoms. The first kappa shape index (κ1) is 29.1. The number of sulfonamides is 1. The summed E-state index contributed by atoms with van der Waals surface area (Å²) in [5.41, 5.74) is 0.0678. The van der Waals surface area contributed by atoms with Gasteiger partial charge in [0.05, 0.1) is 21.4 Å². The summed E-state index contributed by atoms with van der Waals surface area (Å²) in [6.45, 7) is 2.69. The number of benzene rings is 2. The topological polar surface area (TPSA) is 75.7 Å². The number of carbonyl (C=O) groups excluding carboxylic acids is 1. The largest absolute Gasteiger partial charge is 0.487 e. The van der Waals surface area contributed by atoms with Crippen LogP contribution in [0.3, 0.4) is 0 Å². The molecule has 6 nitrogen and oxygen atoms in total. The molecule has 2 aromatic carbocycles. The van der Waals surface area contributed by atoms with Gasteiger partial charge in [0.25, 0.3) is 5.91 Å². The minimum atomic E-state index is -4.71. The summed E-state index contributed by atoms with van der Waals surface area (Å²) in [6.07, 6.45) is -1.80. The van der Waals surface area contributed by atoms with Gasteiger partial charge in [-0.2, -0.15) is 13.2 Å². The van der Waals surface area contributed by atoms with E-state index in [-0.39, 0.29) is 17.5 Å². The Kier molecular flexibility index (Phi) is 7.82. The molecule has 3 fully saturated rings. The van der Waals surface area contributed by atoms with Gasteiger partial charge in [0.1, 0.15) is 11.9 Å². The number of rotatable bonds is 8. The van der Waals surface area contributed by atoms with E-state index in [0.29, 0.717) is 56.5 Å². The van der Waals surface area contributed by atoms with Gasteiger partial charge in [-0.1, -0.05) is 11.6 Å². The molecule has 1 saturated heterocycles. The monoisotopic (exact) mass is 606 g/mol. The Balaban J connectivity index is 1.28. The lowest BCUT2D eigenvalue weighted by molar-refractivity contribution is -0.137. The van der Waals surface area contributed by atoms with Crippen molar-refractivity contribution < 1.29 is 39.9 Å². The lowest BCUT2D eigenvalue weighted by atomic mass is 9.95. The van der Waals surface area contributed by atoms with E-state index in [9.17, 15) is 30.8 Å². The third-order valence-corrected chi connectivity index (χ3v) is 9.74. The van der Waals surface area contributed by atoms with Gasteiger partial charge in [-0.25, -0.2) is 21.9 Å². The standard InChI is InChI=1S/C27H28ClF5N2O4S/c1-14-8-18(39-24-11-17(27(31,32)33)10-22(28)25(24)30)6-7-35(14)13-16-9-23(29)21(12-20(16)15-2-3-15)26(36)34-40(37,38)19-4-5-19/h9-12,14-15,18-19H,2-8,13H2,1H3,(H,34,36)/t14?,18-/m0/s1. The van der Waals surface area contributed by atoms with Crippen LogP contribution >= 0.6 is 11.6 Å². The van der Waals surface area contributed by atoms with E-state index < -0.39 is 61.4 Å². The highest BCUT2D eigenvalue weighted by molar-refractivity contribution is 7.91. The number of hydrogen-bond donors (Lipinski definition) is 1. The molecule has 5 rings (SSSR count). The van der Waals surface area contributed by atoms with Gasteiger partial charge >= 0.3 is 6.18 Å². The molecule has 1 aliphatic heterocycles. The van der Waals surface area contributed by atoms with Gasteiger partial charge < -0.3 is 4.74 Å².